The summed E-state index contributed by atoms with van der Waals surface area (Å²) in [6.07, 6.45) is 1.28. The van der Waals surface area contributed by atoms with Crippen LogP contribution in [0.25, 0.3) is 0 Å². The first-order valence-electron chi connectivity index (χ1n) is 9.68. The van der Waals surface area contributed by atoms with E-state index in [-0.39, 0.29) is 35.3 Å². The van der Waals surface area contributed by atoms with E-state index in [0.29, 0.717) is 25.8 Å². The number of rotatable bonds is 8. The Morgan fingerprint density at radius 2 is 2.00 bits per heavy atom. The van der Waals surface area contributed by atoms with Gasteiger partial charge in [0.1, 0.15) is 17.8 Å². The van der Waals surface area contributed by atoms with Crippen molar-refractivity contribution in [2.45, 2.75) is 37.4 Å². The Morgan fingerprint density at radius 3 is 2.67 bits per heavy atom. The molecule has 2 aliphatic heterocycles. The topological polar surface area (TPSA) is 128 Å². The molecule has 1 aromatic carbocycles. The fourth-order valence-electron chi connectivity index (χ4n) is 3.77. The summed E-state index contributed by atoms with van der Waals surface area (Å²) in [5.74, 6) is -1.38. The molecule has 3 rings (SSSR count). The number of carbonyl (C=O) groups excluding carboxylic acids is 4. The molecule has 2 saturated heterocycles. The van der Waals surface area contributed by atoms with E-state index in [9.17, 15) is 24.3 Å². The smallest absolute Gasteiger partial charge is 0.246 e. The summed E-state index contributed by atoms with van der Waals surface area (Å²) in [4.78, 5) is 49.5. The number of amides is 3. The Bertz CT molecular complexity index is 815. The second-order valence-electron chi connectivity index (χ2n) is 7.31. The Labute approximate surface area is 178 Å². The normalized spacial score (nSPS) is 23.4. The number of benzene rings is 1. The molecule has 0 unspecified atom stereocenters. The number of hydrogen-bond acceptors (Lipinski definition) is 7. The van der Waals surface area contributed by atoms with Crippen LogP contribution in [0.2, 0.25) is 0 Å². The van der Waals surface area contributed by atoms with Crippen molar-refractivity contribution < 1.29 is 29.0 Å². The van der Waals surface area contributed by atoms with Crippen LogP contribution in [0.1, 0.15) is 18.4 Å². The van der Waals surface area contributed by atoms with Gasteiger partial charge in [-0.3, -0.25) is 14.4 Å². The van der Waals surface area contributed by atoms with E-state index in [1.807, 2.05) is 24.3 Å². The maximum atomic E-state index is 12.9. The van der Waals surface area contributed by atoms with E-state index in [0.717, 1.165) is 23.1 Å². The van der Waals surface area contributed by atoms with Gasteiger partial charge in [0.05, 0.1) is 18.8 Å². The summed E-state index contributed by atoms with van der Waals surface area (Å²) in [5.41, 5.74) is 0.920. The van der Waals surface area contributed by atoms with Crippen LogP contribution in [0.5, 0.6) is 5.75 Å². The van der Waals surface area contributed by atoms with Gasteiger partial charge in [-0.05, 0) is 30.5 Å². The molecule has 162 valence electrons. The lowest BCUT2D eigenvalue weighted by atomic mass is 9.91. The largest absolute Gasteiger partial charge is 0.549 e. The monoisotopic (exact) mass is 434 g/mol. The van der Waals surface area contributed by atoms with E-state index < -0.39 is 18.1 Å². The van der Waals surface area contributed by atoms with Gasteiger partial charge in [0.15, 0.2) is 0 Å². The Morgan fingerprint density at radius 1 is 1.27 bits per heavy atom. The molecule has 1 aromatic rings. The zero-order valence-corrected chi connectivity index (χ0v) is 17.4. The second-order valence-corrected chi connectivity index (χ2v) is 8.30. The minimum Gasteiger partial charge on any atom is -0.549 e. The highest BCUT2D eigenvalue weighted by Gasteiger charge is 2.43. The number of aliphatic carboxylic acids is 1. The van der Waals surface area contributed by atoms with Crippen molar-refractivity contribution in [3.63, 3.8) is 0 Å². The predicted octanol–water partition coefficient (Wildman–Crippen LogP) is -1.30. The molecule has 0 radical (unpaired) electrons. The first-order chi connectivity index (χ1) is 14.4. The average Bonchev–Trinajstić information content (AvgIpc) is 2.72. The molecule has 0 aromatic heterocycles. The third-order valence-corrected chi connectivity index (χ3v) is 6.13. The van der Waals surface area contributed by atoms with Crippen LogP contribution >= 0.6 is 11.8 Å². The summed E-state index contributed by atoms with van der Waals surface area (Å²) in [6.45, 7) is 0.382. The maximum absolute atomic E-state index is 12.9. The molecule has 10 heteroatoms. The molecule has 3 atom stereocenters. The molecule has 30 heavy (non-hydrogen) atoms. The predicted molar refractivity (Wildman–Crippen MR) is 108 cm³/mol. The van der Waals surface area contributed by atoms with Gasteiger partial charge in [0.2, 0.25) is 17.7 Å². The van der Waals surface area contributed by atoms with Gasteiger partial charge in [-0.15, -0.1) is 11.8 Å². The maximum Gasteiger partial charge on any atom is 0.246 e. The minimum atomic E-state index is -1.22. The summed E-state index contributed by atoms with van der Waals surface area (Å²) < 4.78 is 5.13. The second kappa shape index (κ2) is 9.84. The molecule has 0 saturated carbocycles. The lowest BCUT2D eigenvalue weighted by molar-refractivity contribution is -0.301. The van der Waals surface area contributed by atoms with Gasteiger partial charge in [-0.25, -0.2) is 0 Å². The number of carboxylic acid groups (broad SMARTS) is 1. The van der Waals surface area contributed by atoms with E-state index in [1.165, 1.54) is 0 Å². The summed E-state index contributed by atoms with van der Waals surface area (Å²) in [5, 5.41) is 16.0. The standard InChI is InChI=1S/C20H25N3O6S/c1-29-14-4-2-12(3-5-14)8-15-20(28)23-7-6-13(9-16(23)19(27)22-15)21-17(24)10-30-11-18(25)26/h2-5,13,15-16H,6-11H2,1H3,(H,21,24)(H,22,27)(H,25,26)/p-1/t13-,15-,16-/m0/s1. The van der Waals surface area contributed by atoms with Crippen LogP contribution in [0.4, 0.5) is 0 Å². The Hall–Kier alpha value is -2.75. The summed E-state index contributed by atoms with van der Waals surface area (Å²) in [7, 11) is 1.58. The van der Waals surface area contributed by atoms with Crippen LogP contribution in [-0.2, 0) is 25.6 Å². The van der Waals surface area contributed by atoms with Crippen molar-refractivity contribution in [1.82, 2.24) is 15.5 Å². The lowest BCUT2D eigenvalue weighted by Crippen LogP contribution is -2.67. The van der Waals surface area contributed by atoms with Crippen molar-refractivity contribution >= 4 is 35.5 Å². The van der Waals surface area contributed by atoms with Crippen molar-refractivity contribution in [2.24, 2.45) is 0 Å². The number of thioether (sulfide) groups is 1. The number of ether oxygens (including phenoxy) is 1. The quantitative estimate of drug-likeness (QED) is 0.520. The third-order valence-electron chi connectivity index (χ3n) is 5.22. The highest BCUT2D eigenvalue weighted by atomic mass is 32.2. The first kappa shape index (κ1) is 21.9. The molecule has 2 fully saturated rings. The molecule has 0 aliphatic carbocycles. The molecule has 0 spiro atoms. The first-order valence-corrected chi connectivity index (χ1v) is 10.8. The Kier molecular flexibility index (Phi) is 7.20. The van der Waals surface area contributed by atoms with E-state index in [1.54, 1.807) is 12.0 Å². The number of nitrogens with zero attached hydrogens (tertiary/aromatic N) is 1. The fourth-order valence-corrected chi connectivity index (χ4v) is 4.31. The van der Waals surface area contributed by atoms with Gasteiger partial charge in [0, 0.05) is 24.8 Å². The number of piperidine rings is 1. The SMILES string of the molecule is COc1ccc(C[C@@H]2NC(=O)[C@@H]3C[C@@H](NC(=O)CSCC(=O)[O-])CCN3C2=O)cc1. The Balaban J connectivity index is 1.54. The molecule has 9 nitrogen and oxygen atoms in total. The number of carboxylic acids is 1. The average molecular weight is 434 g/mol. The highest BCUT2D eigenvalue weighted by Crippen LogP contribution is 2.24. The minimum absolute atomic E-state index is 0.00786. The number of piperazine rings is 1. The van der Waals surface area contributed by atoms with Gasteiger partial charge in [-0.1, -0.05) is 12.1 Å². The van der Waals surface area contributed by atoms with E-state index >= 15 is 0 Å². The van der Waals surface area contributed by atoms with Crippen molar-refractivity contribution in [2.75, 3.05) is 25.2 Å². The van der Waals surface area contributed by atoms with Crippen molar-refractivity contribution in [1.29, 1.82) is 0 Å². The zero-order chi connectivity index (χ0) is 21.7. The molecule has 0 bridgehead atoms. The van der Waals surface area contributed by atoms with Gasteiger partial charge in [0.25, 0.3) is 0 Å². The number of fused-ring (bicyclic) bond motifs is 1. The van der Waals surface area contributed by atoms with Crippen molar-refractivity contribution in [3.05, 3.63) is 29.8 Å². The van der Waals surface area contributed by atoms with Crippen LogP contribution in [0.15, 0.2) is 24.3 Å². The number of hydrogen-bond donors (Lipinski definition) is 2. The van der Waals surface area contributed by atoms with E-state index in [4.69, 9.17) is 4.74 Å². The summed E-state index contributed by atoms with van der Waals surface area (Å²) >= 11 is 0.959. The fraction of sp³-hybridized carbons (Fsp3) is 0.500. The highest BCUT2D eigenvalue weighted by molar-refractivity contribution is 8.00. The lowest BCUT2D eigenvalue weighted by Gasteiger charge is -2.44. The molecular formula is C20H24N3O6S-. The summed E-state index contributed by atoms with van der Waals surface area (Å²) in [6, 6.07) is 5.89. The van der Waals surface area contributed by atoms with Crippen LogP contribution in [0, 0.1) is 0 Å². The zero-order valence-electron chi connectivity index (χ0n) is 16.6. The molecule has 2 heterocycles. The van der Waals surface area contributed by atoms with Crippen molar-refractivity contribution in [3.8, 4) is 5.75 Å². The molecule has 2 N–H and O–H groups in total. The van der Waals surface area contributed by atoms with Crippen LogP contribution in [-0.4, -0.2) is 71.9 Å². The van der Waals surface area contributed by atoms with Gasteiger partial charge < -0.3 is 30.2 Å². The number of methoxy groups -OCH3 is 1. The van der Waals surface area contributed by atoms with E-state index in [2.05, 4.69) is 10.6 Å². The van der Waals surface area contributed by atoms with Crippen LogP contribution < -0.4 is 20.5 Å². The number of carbonyl (C=O) groups is 4. The molecule has 2 aliphatic rings. The molecule has 3 amide bonds. The number of nitrogens with one attached hydrogen (secondary N) is 2. The third kappa shape index (κ3) is 5.44. The molecular weight excluding hydrogens is 410 g/mol. The van der Waals surface area contributed by atoms with Crippen LogP contribution in [0.3, 0.4) is 0 Å². The van der Waals surface area contributed by atoms with Gasteiger partial charge >= 0.3 is 0 Å². The van der Waals surface area contributed by atoms with Gasteiger partial charge in [-0.2, -0.15) is 0 Å².